The van der Waals surface area contributed by atoms with Crippen LogP contribution in [0.4, 0.5) is 17.1 Å². The minimum Gasteiger partial charge on any atom is -0.310 e. The summed E-state index contributed by atoms with van der Waals surface area (Å²) in [4.78, 5) is 2.47. The molecule has 1 heteroatoms. The van der Waals surface area contributed by atoms with E-state index in [9.17, 15) is 0 Å². The van der Waals surface area contributed by atoms with Crippen LogP contribution >= 0.6 is 0 Å². The molecule has 13 rings (SSSR count). The second kappa shape index (κ2) is 13.6. The third-order valence-electron chi connectivity index (χ3n) is 14.1. The van der Waals surface area contributed by atoms with E-state index in [0.717, 1.165) is 17.1 Å². The summed E-state index contributed by atoms with van der Waals surface area (Å²) < 4.78 is 0. The first-order chi connectivity index (χ1) is 30.8. The van der Waals surface area contributed by atoms with E-state index in [1.165, 1.54) is 88.0 Å². The molecule has 0 fully saturated rings. The van der Waals surface area contributed by atoms with Crippen molar-refractivity contribution >= 4 is 49.4 Å². The summed E-state index contributed by atoms with van der Waals surface area (Å²) in [6, 6.07) is 79.1. The Labute approximate surface area is 362 Å². The molecule has 3 unspecified atom stereocenters. The minimum atomic E-state index is -0.346. The molecule has 62 heavy (non-hydrogen) atoms. The maximum Gasteiger partial charge on any atom is 0.0541 e. The summed E-state index contributed by atoms with van der Waals surface area (Å²) in [6.45, 7) is 0. The summed E-state index contributed by atoms with van der Waals surface area (Å²) in [7, 11) is 0. The van der Waals surface area contributed by atoms with E-state index in [4.69, 9.17) is 0 Å². The Kier molecular flexibility index (Phi) is 7.71. The highest BCUT2D eigenvalue weighted by Crippen LogP contribution is 2.67. The third-order valence-corrected chi connectivity index (χ3v) is 14.1. The van der Waals surface area contributed by atoms with Gasteiger partial charge in [0.1, 0.15) is 0 Å². The van der Waals surface area contributed by atoms with Crippen LogP contribution in [0.5, 0.6) is 0 Å². The molecule has 0 bridgehead atoms. The van der Waals surface area contributed by atoms with Crippen molar-refractivity contribution in [1.29, 1.82) is 0 Å². The van der Waals surface area contributed by atoms with E-state index in [1.807, 2.05) is 0 Å². The van der Waals surface area contributed by atoms with Gasteiger partial charge < -0.3 is 4.90 Å². The molecule has 0 saturated carbocycles. The van der Waals surface area contributed by atoms with Gasteiger partial charge >= 0.3 is 0 Å². The van der Waals surface area contributed by atoms with Gasteiger partial charge in [0.15, 0.2) is 0 Å². The maximum atomic E-state index is 2.53. The standard InChI is InChI=1S/C61H41N/c1-3-15-40(16-4-1)42-29-33-47(34-30-42)62(48-35-31-43(32-36-48)45-28-27-41-17-7-8-18-44(41)37-45)49-38-54-50-21-9-10-23-52(50)58-53-24-12-14-26-57(53)61(46-19-5-2-6-20-46)56-25-13-11-22-51(56)55(39-49)59(54)60(58)61/h1-39,51,56H. The molecule has 0 radical (unpaired) electrons. The van der Waals surface area contributed by atoms with Crippen LogP contribution in [0.3, 0.4) is 0 Å². The molecule has 3 aliphatic rings. The van der Waals surface area contributed by atoms with Crippen molar-refractivity contribution in [3.8, 4) is 33.4 Å². The van der Waals surface area contributed by atoms with Crippen LogP contribution in [-0.2, 0) is 5.41 Å². The Morgan fingerprint density at radius 3 is 1.77 bits per heavy atom. The lowest BCUT2D eigenvalue weighted by atomic mass is 9.54. The van der Waals surface area contributed by atoms with Crippen LogP contribution in [0.1, 0.15) is 28.2 Å². The maximum absolute atomic E-state index is 2.53. The largest absolute Gasteiger partial charge is 0.310 e. The molecule has 0 heterocycles. The monoisotopic (exact) mass is 787 g/mol. The first-order valence-corrected chi connectivity index (χ1v) is 21.8. The highest BCUT2D eigenvalue weighted by atomic mass is 15.1. The van der Waals surface area contributed by atoms with Crippen LogP contribution in [0.15, 0.2) is 237 Å². The van der Waals surface area contributed by atoms with Crippen molar-refractivity contribution in [3.63, 3.8) is 0 Å². The summed E-state index contributed by atoms with van der Waals surface area (Å²) >= 11 is 0. The fraction of sp³-hybridized carbons (Fsp3) is 0.0492. The molecule has 10 aromatic rings. The number of benzene rings is 10. The van der Waals surface area contributed by atoms with Gasteiger partial charge in [0.05, 0.1) is 5.41 Å². The summed E-state index contributed by atoms with van der Waals surface area (Å²) in [6.07, 6.45) is 9.55. The molecule has 3 atom stereocenters. The van der Waals surface area contributed by atoms with E-state index in [2.05, 4.69) is 242 Å². The predicted molar refractivity (Wildman–Crippen MR) is 261 cm³/mol. The van der Waals surface area contributed by atoms with E-state index < -0.39 is 0 Å². The van der Waals surface area contributed by atoms with Crippen LogP contribution in [0.25, 0.3) is 65.7 Å². The second-order valence-corrected chi connectivity index (χ2v) is 17.2. The van der Waals surface area contributed by atoms with E-state index in [1.54, 1.807) is 0 Å². The lowest BCUT2D eigenvalue weighted by Crippen LogP contribution is -2.41. The Morgan fingerprint density at radius 2 is 1.00 bits per heavy atom. The molecular formula is C61H41N. The van der Waals surface area contributed by atoms with Crippen molar-refractivity contribution in [1.82, 2.24) is 0 Å². The Balaban J connectivity index is 1.08. The van der Waals surface area contributed by atoms with Gasteiger partial charge in [0, 0.05) is 28.9 Å². The molecule has 0 saturated heterocycles. The molecule has 10 aromatic carbocycles. The zero-order chi connectivity index (χ0) is 40.8. The number of hydrogen-bond donors (Lipinski definition) is 0. The van der Waals surface area contributed by atoms with Crippen molar-refractivity contribution in [3.05, 3.63) is 259 Å². The molecule has 0 aromatic heterocycles. The normalized spacial score (nSPS) is 17.9. The Morgan fingerprint density at radius 1 is 0.403 bits per heavy atom. The molecule has 0 amide bonds. The average molecular weight is 788 g/mol. The van der Waals surface area contributed by atoms with Crippen molar-refractivity contribution in [2.45, 2.75) is 11.3 Å². The molecule has 3 aliphatic carbocycles. The highest BCUT2D eigenvalue weighted by molar-refractivity contribution is 6.21. The highest BCUT2D eigenvalue weighted by Gasteiger charge is 2.56. The van der Waals surface area contributed by atoms with E-state index >= 15 is 0 Å². The fourth-order valence-electron chi connectivity index (χ4n) is 11.5. The minimum absolute atomic E-state index is 0.160. The number of hydrogen-bond acceptors (Lipinski definition) is 1. The third kappa shape index (κ3) is 5.03. The van der Waals surface area contributed by atoms with Gasteiger partial charge in [0.2, 0.25) is 0 Å². The molecule has 0 spiro atoms. The lowest BCUT2D eigenvalue weighted by Gasteiger charge is -2.48. The van der Waals surface area contributed by atoms with Gasteiger partial charge in [-0.2, -0.15) is 0 Å². The molecule has 290 valence electrons. The topological polar surface area (TPSA) is 3.24 Å². The number of rotatable bonds is 6. The van der Waals surface area contributed by atoms with Gasteiger partial charge in [0.25, 0.3) is 0 Å². The van der Waals surface area contributed by atoms with Crippen LogP contribution < -0.4 is 4.90 Å². The van der Waals surface area contributed by atoms with Gasteiger partial charge in [-0.1, -0.05) is 194 Å². The average Bonchev–Trinajstić information content (AvgIpc) is 3.67. The number of fused-ring (bicyclic) bond motifs is 10. The van der Waals surface area contributed by atoms with Crippen LogP contribution in [0.2, 0.25) is 0 Å². The number of nitrogens with zero attached hydrogens (tertiary/aromatic N) is 1. The Hall–Kier alpha value is -7.74. The summed E-state index contributed by atoms with van der Waals surface area (Å²) in [5, 5.41) is 7.82. The second-order valence-electron chi connectivity index (χ2n) is 17.2. The van der Waals surface area contributed by atoms with Crippen LogP contribution in [-0.4, -0.2) is 0 Å². The smallest absolute Gasteiger partial charge is 0.0541 e. The van der Waals surface area contributed by atoms with Crippen molar-refractivity contribution in [2.24, 2.45) is 5.92 Å². The summed E-state index contributed by atoms with van der Waals surface area (Å²) in [5.41, 5.74) is 16.3. The van der Waals surface area contributed by atoms with E-state index in [0.29, 0.717) is 0 Å². The Bertz CT molecular complexity index is 3450. The zero-order valence-corrected chi connectivity index (χ0v) is 34.1. The number of anilines is 3. The fourth-order valence-corrected chi connectivity index (χ4v) is 11.5. The number of allylic oxidation sites excluding steroid dienone is 4. The first-order valence-electron chi connectivity index (χ1n) is 21.8. The van der Waals surface area contributed by atoms with Crippen molar-refractivity contribution in [2.75, 3.05) is 4.90 Å². The molecular weight excluding hydrogens is 747 g/mol. The SMILES string of the molecule is C1=CC2c3cc(N(c4ccc(-c5ccccc5)cc4)c4ccc(-c5ccc6ccccc6c5)cc4)cc4c3c3c(c5ccccc54)-c4ccccc4C3(c3ccccc3)C2C=C1. The van der Waals surface area contributed by atoms with Gasteiger partial charge in [-0.25, -0.2) is 0 Å². The quantitative estimate of drug-likeness (QED) is 0.152. The van der Waals surface area contributed by atoms with Crippen LogP contribution in [0, 0.1) is 5.92 Å². The molecule has 0 aliphatic heterocycles. The van der Waals surface area contributed by atoms with Gasteiger partial charge in [-0.05, 0) is 130 Å². The predicted octanol–water partition coefficient (Wildman–Crippen LogP) is 16.1. The zero-order valence-electron chi connectivity index (χ0n) is 34.1. The lowest BCUT2D eigenvalue weighted by molar-refractivity contribution is 0.410. The first kappa shape index (κ1) is 35.1. The summed E-state index contributed by atoms with van der Waals surface area (Å²) in [5.74, 6) is 0.345. The van der Waals surface area contributed by atoms with E-state index in [-0.39, 0.29) is 17.3 Å². The van der Waals surface area contributed by atoms with Gasteiger partial charge in [-0.15, -0.1) is 0 Å². The van der Waals surface area contributed by atoms with Crippen molar-refractivity contribution < 1.29 is 0 Å². The molecule has 1 nitrogen and oxygen atoms in total. The van der Waals surface area contributed by atoms with Gasteiger partial charge in [-0.3, -0.25) is 0 Å². The molecule has 0 N–H and O–H groups in total.